The summed E-state index contributed by atoms with van der Waals surface area (Å²) in [6.07, 6.45) is 0. The van der Waals surface area contributed by atoms with Crippen molar-refractivity contribution in [2.24, 2.45) is 0 Å². The molecule has 0 saturated carbocycles. The van der Waals surface area contributed by atoms with Crippen molar-refractivity contribution in [1.29, 1.82) is 0 Å². The first kappa shape index (κ1) is 10.7. The van der Waals surface area contributed by atoms with Gasteiger partial charge in [0.1, 0.15) is 11.4 Å². The van der Waals surface area contributed by atoms with E-state index in [0.717, 1.165) is 0 Å². The average Bonchev–Trinajstić information content (AvgIpc) is 2.09. The summed E-state index contributed by atoms with van der Waals surface area (Å²) in [5.41, 5.74) is -0.229. The van der Waals surface area contributed by atoms with Crippen molar-refractivity contribution in [3.8, 4) is 11.8 Å². The van der Waals surface area contributed by atoms with Gasteiger partial charge in [-0.2, -0.15) is 0 Å². The molecular weight excluding hydrogens is 179 g/mol. The highest BCUT2D eigenvalue weighted by Crippen LogP contribution is 2.21. The predicted molar refractivity (Wildman–Crippen MR) is 54.2 cm³/mol. The van der Waals surface area contributed by atoms with Crippen LogP contribution < -0.4 is 0 Å². The molecule has 1 rings (SSSR count). The summed E-state index contributed by atoms with van der Waals surface area (Å²) < 4.78 is 13.2. The highest BCUT2D eigenvalue weighted by molar-refractivity contribution is 5.33. The Morgan fingerprint density at radius 1 is 1.43 bits per heavy atom. The van der Waals surface area contributed by atoms with Gasteiger partial charge >= 0.3 is 0 Å². The molecule has 1 aromatic carbocycles. The Kier molecular flexibility index (Phi) is 2.93. The van der Waals surface area contributed by atoms with Crippen LogP contribution in [0.3, 0.4) is 0 Å². The lowest BCUT2D eigenvalue weighted by Crippen LogP contribution is -2.18. The second kappa shape index (κ2) is 3.81. The minimum atomic E-state index is -1.27. The molecule has 0 aliphatic carbocycles. The molecule has 0 aliphatic heterocycles. The molecule has 0 fully saturated rings. The zero-order valence-electron chi connectivity index (χ0n) is 8.56. The first-order valence-corrected chi connectivity index (χ1v) is 4.40. The SMILES string of the molecule is CC#CC(C)(O)c1ccc(C)c(F)c1. The second-order valence-corrected chi connectivity index (χ2v) is 3.41. The number of hydrogen-bond donors (Lipinski definition) is 1. The summed E-state index contributed by atoms with van der Waals surface area (Å²) in [6.45, 7) is 4.87. The molecule has 0 spiro atoms. The number of aliphatic hydroxyl groups is 1. The molecule has 1 N–H and O–H groups in total. The van der Waals surface area contributed by atoms with Crippen LogP contribution in [0.4, 0.5) is 4.39 Å². The molecule has 2 heteroatoms. The Morgan fingerprint density at radius 3 is 2.57 bits per heavy atom. The van der Waals surface area contributed by atoms with Crippen LogP contribution in [-0.4, -0.2) is 5.11 Å². The number of halogens is 1. The molecule has 0 radical (unpaired) electrons. The fourth-order valence-corrected chi connectivity index (χ4v) is 1.21. The lowest BCUT2D eigenvalue weighted by molar-refractivity contribution is 0.121. The van der Waals surface area contributed by atoms with Gasteiger partial charge in [-0.25, -0.2) is 4.39 Å². The number of aryl methyl sites for hydroxylation is 1. The van der Waals surface area contributed by atoms with Crippen LogP contribution in [0.25, 0.3) is 0 Å². The van der Waals surface area contributed by atoms with E-state index in [2.05, 4.69) is 11.8 Å². The lowest BCUT2D eigenvalue weighted by atomic mass is 9.95. The second-order valence-electron chi connectivity index (χ2n) is 3.41. The molecule has 1 aromatic rings. The maximum atomic E-state index is 13.2. The normalized spacial score (nSPS) is 14.1. The predicted octanol–water partition coefficient (Wildman–Crippen LogP) is 2.36. The fourth-order valence-electron chi connectivity index (χ4n) is 1.21. The first-order chi connectivity index (χ1) is 6.47. The standard InChI is InChI=1S/C12H13FO/c1-4-7-12(3,14)10-6-5-9(2)11(13)8-10/h5-6,8,14H,1-3H3. The Hall–Kier alpha value is -1.33. The van der Waals surface area contributed by atoms with Gasteiger partial charge in [-0.15, -0.1) is 5.92 Å². The smallest absolute Gasteiger partial charge is 0.148 e. The van der Waals surface area contributed by atoms with Crippen molar-refractivity contribution < 1.29 is 9.50 Å². The van der Waals surface area contributed by atoms with Gasteiger partial charge in [0.2, 0.25) is 0 Å². The molecule has 74 valence electrons. The van der Waals surface area contributed by atoms with E-state index in [-0.39, 0.29) is 5.82 Å². The van der Waals surface area contributed by atoms with Gasteiger partial charge in [0, 0.05) is 0 Å². The minimum Gasteiger partial charge on any atom is -0.374 e. The number of rotatable bonds is 1. The van der Waals surface area contributed by atoms with E-state index in [0.29, 0.717) is 11.1 Å². The molecule has 1 nitrogen and oxygen atoms in total. The third kappa shape index (κ3) is 2.12. The van der Waals surface area contributed by atoms with Crippen molar-refractivity contribution >= 4 is 0 Å². The van der Waals surface area contributed by atoms with Crippen LogP contribution >= 0.6 is 0 Å². The largest absolute Gasteiger partial charge is 0.374 e. The zero-order chi connectivity index (χ0) is 10.8. The van der Waals surface area contributed by atoms with Crippen LogP contribution in [-0.2, 0) is 5.60 Å². The summed E-state index contributed by atoms with van der Waals surface area (Å²) in [6, 6.07) is 4.64. The molecule has 0 amide bonds. The van der Waals surface area contributed by atoms with Crippen molar-refractivity contribution in [1.82, 2.24) is 0 Å². The molecule has 1 unspecified atom stereocenters. The maximum absolute atomic E-state index is 13.2. The molecular formula is C12H13FO. The third-order valence-electron chi connectivity index (χ3n) is 2.10. The Balaban J connectivity index is 3.18. The van der Waals surface area contributed by atoms with Crippen LogP contribution in [0.5, 0.6) is 0 Å². The van der Waals surface area contributed by atoms with Gasteiger partial charge < -0.3 is 5.11 Å². The fraction of sp³-hybridized carbons (Fsp3) is 0.333. The lowest BCUT2D eigenvalue weighted by Gasteiger charge is -2.17. The zero-order valence-corrected chi connectivity index (χ0v) is 8.56. The van der Waals surface area contributed by atoms with Crippen LogP contribution in [0.2, 0.25) is 0 Å². The van der Waals surface area contributed by atoms with Crippen LogP contribution in [0, 0.1) is 24.6 Å². The molecule has 0 saturated heterocycles. The summed E-state index contributed by atoms with van der Waals surface area (Å²) in [5.74, 6) is 4.92. The summed E-state index contributed by atoms with van der Waals surface area (Å²) in [5, 5.41) is 9.86. The van der Waals surface area contributed by atoms with Gasteiger partial charge in [-0.05, 0) is 38.0 Å². The van der Waals surface area contributed by atoms with Gasteiger partial charge in [0.05, 0.1) is 0 Å². The summed E-state index contributed by atoms with van der Waals surface area (Å²) in [4.78, 5) is 0. The van der Waals surface area contributed by atoms with E-state index in [9.17, 15) is 9.50 Å². The molecule has 0 aromatic heterocycles. The summed E-state index contributed by atoms with van der Waals surface area (Å²) >= 11 is 0. The number of benzene rings is 1. The molecule has 0 heterocycles. The Morgan fingerprint density at radius 2 is 2.07 bits per heavy atom. The average molecular weight is 192 g/mol. The topological polar surface area (TPSA) is 20.2 Å². The van der Waals surface area contributed by atoms with E-state index in [1.807, 2.05) is 0 Å². The monoisotopic (exact) mass is 192 g/mol. The summed E-state index contributed by atoms with van der Waals surface area (Å²) in [7, 11) is 0. The van der Waals surface area contributed by atoms with Crippen molar-refractivity contribution in [3.63, 3.8) is 0 Å². The van der Waals surface area contributed by atoms with Gasteiger partial charge in [0.25, 0.3) is 0 Å². The van der Waals surface area contributed by atoms with Gasteiger partial charge in [-0.3, -0.25) is 0 Å². The molecule has 14 heavy (non-hydrogen) atoms. The van der Waals surface area contributed by atoms with Crippen molar-refractivity contribution in [3.05, 3.63) is 35.1 Å². The van der Waals surface area contributed by atoms with E-state index in [1.165, 1.54) is 6.07 Å². The maximum Gasteiger partial charge on any atom is 0.148 e. The molecule has 0 bridgehead atoms. The Bertz CT molecular complexity index is 397. The minimum absolute atomic E-state index is 0.319. The van der Waals surface area contributed by atoms with E-state index in [1.54, 1.807) is 32.9 Å². The molecule has 1 atom stereocenters. The quantitative estimate of drug-likeness (QED) is 0.677. The van der Waals surface area contributed by atoms with Crippen molar-refractivity contribution in [2.75, 3.05) is 0 Å². The van der Waals surface area contributed by atoms with Crippen LogP contribution in [0.15, 0.2) is 18.2 Å². The molecule has 0 aliphatic rings. The van der Waals surface area contributed by atoms with Crippen molar-refractivity contribution in [2.45, 2.75) is 26.4 Å². The van der Waals surface area contributed by atoms with Crippen LogP contribution in [0.1, 0.15) is 25.0 Å². The van der Waals surface area contributed by atoms with Gasteiger partial charge in [-0.1, -0.05) is 18.1 Å². The Labute approximate surface area is 83.6 Å². The van der Waals surface area contributed by atoms with Gasteiger partial charge in [0.15, 0.2) is 0 Å². The third-order valence-corrected chi connectivity index (χ3v) is 2.10. The van der Waals surface area contributed by atoms with E-state index >= 15 is 0 Å². The highest BCUT2D eigenvalue weighted by atomic mass is 19.1. The number of hydrogen-bond acceptors (Lipinski definition) is 1. The first-order valence-electron chi connectivity index (χ1n) is 4.40. The van der Waals surface area contributed by atoms with E-state index in [4.69, 9.17) is 0 Å². The van der Waals surface area contributed by atoms with E-state index < -0.39 is 5.60 Å². The highest BCUT2D eigenvalue weighted by Gasteiger charge is 2.20.